The first kappa shape index (κ1) is 20.3. The van der Waals surface area contributed by atoms with Gasteiger partial charge >= 0.3 is 6.09 Å². The molecule has 0 aliphatic carbocycles. The molecule has 2 fully saturated rings. The number of pyridine rings is 1. The number of benzene rings is 1. The summed E-state index contributed by atoms with van der Waals surface area (Å²) in [5, 5.41) is 0.600. The number of anilines is 1. The molecule has 30 heavy (non-hydrogen) atoms. The minimum absolute atomic E-state index is 0.0937. The van der Waals surface area contributed by atoms with Gasteiger partial charge in [-0.05, 0) is 56.2 Å². The maximum Gasteiger partial charge on any atom is 0.415 e. The van der Waals surface area contributed by atoms with Gasteiger partial charge in [0.2, 0.25) is 0 Å². The molecule has 8 heteroatoms. The van der Waals surface area contributed by atoms with Crippen molar-refractivity contribution in [2.45, 2.75) is 25.8 Å². The predicted molar refractivity (Wildman–Crippen MR) is 112 cm³/mol. The second-order valence-electron chi connectivity index (χ2n) is 7.64. The van der Waals surface area contributed by atoms with Gasteiger partial charge in [-0.2, -0.15) is 0 Å². The topological polar surface area (TPSA) is 79.8 Å². The van der Waals surface area contributed by atoms with Crippen LogP contribution >= 0.6 is 11.6 Å². The number of hydrogen-bond acceptors (Lipinski definition) is 5. The Balaban J connectivity index is 1.36. The summed E-state index contributed by atoms with van der Waals surface area (Å²) < 4.78 is 5.01. The van der Waals surface area contributed by atoms with Crippen LogP contribution in [0.15, 0.2) is 42.6 Å². The van der Waals surface area contributed by atoms with E-state index in [1.165, 1.54) is 11.1 Å². The zero-order valence-corrected chi connectivity index (χ0v) is 17.3. The molecule has 4 rings (SSSR count). The molecule has 2 aliphatic heterocycles. The van der Waals surface area contributed by atoms with Crippen LogP contribution < -0.4 is 4.90 Å². The van der Waals surface area contributed by atoms with Gasteiger partial charge in [0, 0.05) is 35.8 Å². The van der Waals surface area contributed by atoms with Crippen LogP contribution in [0.2, 0.25) is 5.02 Å². The van der Waals surface area contributed by atoms with Crippen LogP contribution in [0.25, 0.3) is 0 Å². The van der Waals surface area contributed by atoms with Gasteiger partial charge in [-0.15, -0.1) is 0 Å². The molecule has 2 amide bonds. The second-order valence-corrected chi connectivity index (χ2v) is 8.08. The molecule has 156 valence electrons. The standard InChI is InChI=1S/C22H22ClN3O4/c1-14-13-30-22(29)26(14)19-7-4-17(12-24-19)21(28)25-10-8-16(9-11-25)20(27)15-2-5-18(23)6-3-15/h2-7,12,14,16H,8-11,13H2,1H3/t14-/m1/s1. The van der Waals surface area contributed by atoms with Gasteiger partial charge in [0.25, 0.3) is 5.91 Å². The number of carbonyl (C=O) groups is 3. The van der Waals surface area contributed by atoms with Gasteiger partial charge in [-0.3, -0.25) is 14.5 Å². The number of nitrogens with zero attached hydrogens (tertiary/aromatic N) is 3. The summed E-state index contributed by atoms with van der Waals surface area (Å²) in [6.45, 7) is 3.23. The number of hydrogen-bond donors (Lipinski definition) is 0. The zero-order valence-electron chi connectivity index (χ0n) is 16.6. The molecule has 2 aliphatic rings. The molecule has 0 saturated carbocycles. The van der Waals surface area contributed by atoms with Crippen molar-refractivity contribution in [3.05, 3.63) is 58.7 Å². The lowest BCUT2D eigenvalue weighted by molar-refractivity contribution is 0.0650. The molecule has 0 bridgehead atoms. The van der Waals surface area contributed by atoms with Gasteiger partial charge < -0.3 is 9.64 Å². The SMILES string of the molecule is C[C@@H]1COC(=O)N1c1ccc(C(=O)N2CCC(C(=O)c3ccc(Cl)cc3)CC2)cn1. The number of aromatic nitrogens is 1. The van der Waals surface area contributed by atoms with Gasteiger partial charge in [-0.25, -0.2) is 9.78 Å². The van der Waals surface area contributed by atoms with Crippen molar-refractivity contribution in [2.24, 2.45) is 5.92 Å². The zero-order chi connectivity index (χ0) is 21.3. The molecule has 0 radical (unpaired) electrons. The number of piperidine rings is 1. The summed E-state index contributed by atoms with van der Waals surface area (Å²) in [5.41, 5.74) is 1.11. The third kappa shape index (κ3) is 4.03. The molecule has 2 saturated heterocycles. The van der Waals surface area contributed by atoms with Crippen molar-refractivity contribution in [3.8, 4) is 0 Å². The molecule has 3 heterocycles. The Morgan fingerprint density at radius 3 is 2.30 bits per heavy atom. The molecule has 7 nitrogen and oxygen atoms in total. The largest absolute Gasteiger partial charge is 0.447 e. The highest BCUT2D eigenvalue weighted by Gasteiger charge is 2.32. The van der Waals surface area contributed by atoms with Crippen LogP contribution in [0.1, 0.15) is 40.5 Å². The quantitative estimate of drug-likeness (QED) is 0.693. The molecule has 0 N–H and O–H groups in total. The fourth-order valence-electron chi connectivity index (χ4n) is 3.87. The van der Waals surface area contributed by atoms with Crippen molar-refractivity contribution in [3.63, 3.8) is 0 Å². The summed E-state index contributed by atoms with van der Waals surface area (Å²) >= 11 is 5.89. The van der Waals surface area contributed by atoms with Gasteiger partial charge in [-0.1, -0.05) is 11.6 Å². The van der Waals surface area contributed by atoms with Crippen LogP contribution in [0, 0.1) is 5.92 Å². The molecule has 1 aromatic heterocycles. The maximum absolute atomic E-state index is 12.8. The molecule has 1 aromatic carbocycles. The Bertz CT molecular complexity index is 953. The first-order valence-electron chi connectivity index (χ1n) is 9.95. The maximum atomic E-state index is 12.8. The van der Waals surface area contributed by atoms with E-state index in [1.54, 1.807) is 41.3 Å². The average molecular weight is 428 g/mol. The summed E-state index contributed by atoms with van der Waals surface area (Å²) in [4.78, 5) is 44.8. The van der Waals surface area contributed by atoms with Crippen LogP contribution in [0.4, 0.5) is 10.6 Å². The number of carbonyl (C=O) groups excluding carboxylic acids is 3. The van der Waals surface area contributed by atoms with E-state index in [9.17, 15) is 14.4 Å². The average Bonchev–Trinajstić information content (AvgIpc) is 3.11. The fraction of sp³-hybridized carbons (Fsp3) is 0.364. The lowest BCUT2D eigenvalue weighted by atomic mass is 9.88. The Hall–Kier alpha value is -2.93. The number of likely N-dealkylation sites (tertiary alicyclic amines) is 1. The molecule has 1 atom stereocenters. The van der Waals surface area contributed by atoms with E-state index >= 15 is 0 Å². The third-order valence-corrected chi connectivity index (χ3v) is 5.86. The second kappa shape index (κ2) is 8.44. The number of rotatable bonds is 4. The number of halogens is 1. The van der Waals surface area contributed by atoms with Gasteiger partial charge in [0.1, 0.15) is 12.4 Å². The van der Waals surface area contributed by atoms with Gasteiger partial charge in [0.05, 0.1) is 11.6 Å². The Labute approximate surface area is 179 Å². The highest BCUT2D eigenvalue weighted by molar-refractivity contribution is 6.30. The van der Waals surface area contributed by atoms with E-state index in [0.29, 0.717) is 54.5 Å². The van der Waals surface area contributed by atoms with E-state index in [-0.39, 0.29) is 23.7 Å². The summed E-state index contributed by atoms with van der Waals surface area (Å²) in [6, 6.07) is 10.2. The van der Waals surface area contributed by atoms with Gasteiger partial charge in [0.15, 0.2) is 5.78 Å². The van der Waals surface area contributed by atoms with E-state index in [1.807, 2.05) is 6.92 Å². The summed E-state index contributed by atoms with van der Waals surface area (Å²) in [6.07, 6.45) is 2.30. The van der Waals surface area contributed by atoms with Crippen molar-refractivity contribution in [2.75, 3.05) is 24.6 Å². The molecule has 0 spiro atoms. The van der Waals surface area contributed by atoms with Crippen molar-refractivity contribution >= 4 is 35.2 Å². The van der Waals surface area contributed by atoms with Crippen LogP contribution in [-0.4, -0.2) is 53.4 Å². The predicted octanol–water partition coefficient (Wildman–Crippen LogP) is 3.82. The number of Topliss-reactive ketones (excluding diaryl/α,β-unsaturated/α-hetero) is 1. The minimum Gasteiger partial charge on any atom is -0.447 e. The first-order chi connectivity index (χ1) is 14.4. The Morgan fingerprint density at radius 1 is 1.07 bits per heavy atom. The number of ketones is 1. The lowest BCUT2D eigenvalue weighted by Gasteiger charge is -2.31. The Kier molecular flexibility index (Phi) is 5.72. The van der Waals surface area contributed by atoms with E-state index in [0.717, 1.165) is 0 Å². The molecular formula is C22H22ClN3O4. The van der Waals surface area contributed by atoms with Crippen molar-refractivity contribution in [1.82, 2.24) is 9.88 Å². The monoisotopic (exact) mass is 427 g/mol. The molecular weight excluding hydrogens is 406 g/mol. The minimum atomic E-state index is -0.429. The van der Waals surface area contributed by atoms with E-state index in [2.05, 4.69) is 4.98 Å². The van der Waals surface area contributed by atoms with E-state index in [4.69, 9.17) is 16.3 Å². The molecule has 2 aromatic rings. The number of cyclic esters (lactones) is 1. The summed E-state index contributed by atoms with van der Waals surface area (Å²) in [5.74, 6) is 0.340. The highest BCUT2D eigenvalue weighted by atomic mass is 35.5. The van der Waals surface area contributed by atoms with Crippen LogP contribution in [0.5, 0.6) is 0 Å². The number of amides is 2. The van der Waals surface area contributed by atoms with E-state index < -0.39 is 6.09 Å². The van der Waals surface area contributed by atoms with Crippen molar-refractivity contribution < 1.29 is 19.1 Å². The normalized spacial score (nSPS) is 19.7. The summed E-state index contributed by atoms with van der Waals surface area (Å²) in [7, 11) is 0. The van der Waals surface area contributed by atoms with Crippen molar-refractivity contribution in [1.29, 1.82) is 0 Å². The first-order valence-corrected chi connectivity index (χ1v) is 10.3. The molecule has 0 unspecified atom stereocenters. The highest BCUT2D eigenvalue weighted by Crippen LogP contribution is 2.25. The fourth-order valence-corrected chi connectivity index (χ4v) is 3.99. The lowest BCUT2D eigenvalue weighted by Crippen LogP contribution is -2.40. The number of ether oxygens (including phenoxy) is 1. The smallest absolute Gasteiger partial charge is 0.415 e. The third-order valence-electron chi connectivity index (χ3n) is 5.61. The van der Waals surface area contributed by atoms with Crippen LogP contribution in [-0.2, 0) is 4.74 Å². The Morgan fingerprint density at radius 2 is 1.73 bits per heavy atom. The van der Waals surface area contributed by atoms with Crippen LogP contribution in [0.3, 0.4) is 0 Å².